The van der Waals surface area contributed by atoms with Crippen LogP contribution in [0.5, 0.6) is 0 Å². The largest absolute Gasteiger partial charge is 0.480 e. The summed E-state index contributed by atoms with van der Waals surface area (Å²) in [7, 11) is 0. The van der Waals surface area contributed by atoms with Gasteiger partial charge in [-0.15, -0.1) is 0 Å². The minimum atomic E-state index is -1.13. The zero-order valence-electron chi connectivity index (χ0n) is 10.1. The van der Waals surface area contributed by atoms with E-state index in [0.29, 0.717) is 13.0 Å². The van der Waals surface area contributed by atoms with Crippen molar-refractivity contribution in [2.45, 2.75) is 20.3 Å². The topological polar surface area (TPSA) is 95.9 Å². The first-order valence-corrected chi connectivity index (χ1v) is 5.41. The quantitative estimate of drug-likeness (QED) is 0.619. The highest BCUT2D eigenvalue weighted by Crippen LogP contribution is 1.94. The van der Waals surface area contributed by atoms with Crippen molar-refractivity contribution in [2.24, 2.45) is 0 Å². The van der Waals surface area contributed by atoms with E-state index < -0.39 is 24.5 Å². The van der Waals surface area contributed by atoms with Gasteiger partial charge >= 0.3 is 18.0 Å². The number of nitrogens with zero attached hydrogens (tertiary/aromatic N) is 1. The highest BCUT2D eigenvalue weighted by molar-refractivity contribution is 5.83. The Morgan fingerprint density at radius 1 is 1.29 bits per heavy atom. The molecule has 0 fully saturated rings. The number of carboxylic acids is 1. The van der Waals surface area contributed by atoms with E-state index in [1.54, 1.807) is 6.92 Å². The molecule has 0 aromatic heterocycles. The summed E-state index contributed by atoms with van der Waals surface area (Å²) in [6, 6.07) is -0.581. The SMILES string of the molecule is CCCN(CC(=O)OCC)C(=O)NCC(=O)O. The maximum atomic E-state index is 11.5. The Morgan fingerprint density at radius 3 is 2.41 bits per heavy atom. The molecule has 0 saturated carbocycles. The van der Waals surface area contributed by atoms with E-state index in [1.165, 1.54) is 4.90 Å². The Labute approximate surface area is 99.7 Å². The van der Waals surface area contributed by atoms with Crippen LogP contribution in [-0.4, -0.2) is 54.2 Å². The van der Waals surface area contributed by atoms with Crippen LogP contribution in [0.3, 0.4) is 0 Å². The van der Waals surface area contributed by atoms with Crippen molar-refractivity contribution in [1.82, 2.24) is 10.2 Å². The highest BCUT2D eigenvalue weighted by Gasteiger charge is 2.17. The third kappa shape index (κ3) is 7.15. The summed E-state index contributed by atoms with van der Waals surface area (Å²) in [6.45, 7) is 3.49. The molecule has 0 heterocycles. The van der Waals surface area contributed by atoms with Crippen LogP contribution in [0.2, 0.25) is 0 Å². The van der Waals surface area contributed by atoms with Crippen molar-refractivity contribution >= 4 is 18.0 Å². The Hall–Kier alpha value is -1.79. The van der Waals surface area contributed by atoms with E-state index in [0.717, 1.165) is 0 Å². The fourth-order valence-corrected chi connectivity index (χ4v) is 1.15. The summed E-state index contributed by atoms with van der Waals surface area (Å²) >= 11 is 0. The van der Waals surface area contributed by atoms with Crippen molar-refractivity contribution in [3.8, 4) is 0 Å². The van der Waals surface area contributed by atoms with Crippen LogP contribution in [0.25, 0.3) is 0 Å². The van der Waals surface area contributed by atoms with Crippen molar-refractivity contribution in [1.29, 1.82) is 0 Å². The summed E-state index contributed by atoms with van der Waals surface area (Å²) in [5.41, 5.74) is 0. The third-order valence-electron chi connectivity index (χ3n) is 1.80. The molecule has 0 aromatic carbocycles. The zero-order chi connectivity index (χ0) is 13.3. The minimum Gasteiger partial charge on any atom is -0.480 e. The Balaban J connectivity index is 4.24. The van der Waals surface area contributed by atoms with Crippen molar-refractivity contribution in [2.75, 3.05) is 26.2 Å². The first-order chi connectivity index (χ1) is 8.01. The summed E-state index contributed by atoms with van der Waals surface area (Å²) in [6.07, 6.45) is 0.667. The highest BCUT2D eigenvalue weighted by atomic mass is 16.5. The van der Waals surface area contributed by atoms with E-state index in [2.05, 4.69) is 5.32 Å². The van der Waals surface area contributed by atoms with Crippen LogP contribution in [0.1, 0.15) is 20.3 Å². The van der Waals surface area contributed by atoms with Gasteiger partial charge < -0.3 is 20.1 Å². The molecule has 17 heavy (non-hydrogen) atoms. The van der Waals surface area contributed by atoms with Gasteiger partial charge in [-0.2, -0.15) is 0 Å². The maximum absolute atomic E-state index is 11.5. The van der Waals surface area contributed by atoms with Crippen molar-refractivity contribution in [3.05, 3.63) is 0 Å². The van der Waals surface area contributed by atoms with Gasteiger partial charge in [0.05, 0.1) is 6.61 Å². The van der Waals surface area contributed by atoms with Gasteiger partial charge in [0.2, 0.25) is 0 Å². The molecule has 98 valence electrons. The van der Waals surface area contributed by atoms with E-state index in [1.807, 2.05) is 6.92 Å². The number of urea groups is 1. The van der Waals surface area contributed by atoms with Gasteiger partial charge in [0.1, 0.15) is 13.1 Å². The first-order valence-electron chi connectivity index (χ1n) is 5.41. The molecule has 0 spiro atoms. The van der Waals surface area contributed by atoms with Crippen molar-refractivity contribution in [3.63, 3.8) is 0 Å². The molecule has 0 atom stereocenters. The van der Waals surface area contributed by atoms with Gasteiger partial charge in [0.25, 0.3) is 0 Å². The van der Waals surface area contributed by atoms with Crippen LogP contribution in [0.15, 0.2) is 0 Å². The molecular formula is C10H18N2O5. The van der Waals surface area contributed by atoms with Gasteiger partial charge in [-0.05, 0) is 13.3 Å². The predicted molar refractivity (Wildman–Crippen MR) is 59.5 cm³/mol. The number of nitrogens with one attached hydrogen (secondary N) is 1. The molecule has 0 radical (unpaired) electrons. The standard InChI is InChI=1S/C10H18N2O5/c1-3-5-12(7-9(15)17-4-2)10(16)11-6-8(13)14/h3-7H2,1-2H3,(H,11,16)(H,13,14). The number of hydrogen-bond acceptors (Lipinski definition) is 4. The van der Waals surface area contributed by atoms with Crippen LogP contribution < -0.4 is 5.32 Å². The third-order valence-corrected chi connectivity index (χ3v) is 1.80. The summed E-state index contributed by atoms with van der Waals surface area (Å²) in [4.78, 5) is 34.2. The molecule has 7 nitrogen and oxygen atoms in total. The lowest BCUT2D eigenvalue weighted by molar-refractivity contribution is -0.143. The average molecular weight is 246 g/mol. The number of ether oxygens (including phenoxy) is 1. The van der Waals surface area contributed by atoms with Gasteiger partial charge in [-0.3, -0.25) is 9.59 Å². The number of carbonyl (C=O) groups is 3. The average Bonchev–Trinajstić information content (AvgIpc) is 2.25. The molecule has 0 bridgehead atoms. The van der Waals surface area contributed by atoms with Crippen molar-refractivity contribution < 1.29 is 24.2 Å². The fourth-order valence-electron chi connectivity index (χ4n) is 1.15. The number of rotatable bonds is 7. The summed E-state index contributed by atoms with van der Waals surface area (Å²) < 4.78 is 4.72. The molecule has 2 amide bonds. The van der Waals surface area contributed by atoms with E-state index >= 15 is 0 Å². The number of carbonyl (C=O) groups excluding carboxylic acids is 2. The number of amides is 2. The lowest BCUT2D eigenvalue weighted by Gasteiger charge is -2.20. The molecule has 0 aromatic rings. The lowest BCUT2D eigenvalue weighted by atomic mass is 10.4. The van der Waals surface area contributed by atoms with Crippen LogP contribution in [0, 0.1) is 0 Å². The zero-order valence-corrected chi connectivity index (χ0v) is 10.1. The normalized spacial score (nSPS) is 9.53. The fraction of sp³-hybridized carbons (Fsp3) is 0.700. The molecule has 0 unspecified atom stereocenters. The van der Waals surface area contributed by atoms with E-state index in [9.17, 15) is 14.4 Å². The van der Waals surface area contributed by atoms with Gasteiger partial charge in [0, 0.05) is 6.54 Å². The number of esters is 1. The Morgan fingerprint density at radius 2 is 1.94 bits per heavy atom. The lowest BCUT2D eigenvalue weighted by Crippen LogP contribution is -2.45. The molecule has 0 saturated heterocycles. The molecule has 0 aliphatic rings. The number of aliphatic carboxylic acids is 1. The Kier molecular flexibility index (Phi) is 7.49. The van der Waals surface area contributed by atoms with E-state index in [-0.39, 0.29) is 13.2 Å². The second kappa shape index (κ2) is 8.37. The molecule has 7 heteroatoms. The molecule has 0 aliphatic heterocycles. The molecule has 2 N–H and O–H groups in total. The smallest absolute Gasteiger partial charge is 0.325 e. The minimum absolute atomic E-state index is 0.173. The number of hydrogen-bond donors (Lipinski definition) is 2. The summed E-state index contributed by atoms with van der Waals surface area (Å²) in [5, 5.41) is 10.6. The predicted octanol–water partition coefficient (Wildman–Crippen LogP) is 0.0557. The van der Waals surface area contributed by atoms with Gasteiger partial charge in [0.15, 0.2) is 0 Å². The monoisotopic (exact) mass is 246 g/mol. The van der Waals surface area contributed by atoms with Crippen LogP contribution >= 0.6 is 0 Å². The molecule has 0 aliphatic carbocycles. The van der Waals surface area contributed by atoms with E-state index in [4.69, 9.17) is 9.84 Å². The second-order valence-electron chi connectivity index (χ2n) is 3.28. The molecular weight excluding hydrogens is 228 g/mol. The number of carboxylic acid groups (broad SMARTS) is 1. The first kappa shape index (κ1) is 15.2. The second-order valence-corrected chi connectivity index (χ2v) is 3.28. The van der Waals surface area contributed by atoms with Crippen LogP contribution in [-0.2, 0) is 14.3 Å². The van der Waals surface area contributed by atoms with Gasteiger partial charge in [-0.25, -0.2) is 4.79 Å². The summed E-state index contributed by atoms with van der Waals surface area (Å²) in [5.74, 6) is -1.64. The van der Waals surface area contributed by atoms with Crippen LogP contribution in [0.4, 0.5) is 4.79 Å². The van der Waals surface area contributed by atoms with Gasteiger partial charge in [-0.1, -0.05) is 6.92 Å². The maximum Gasteiger partial charge on any atom is 0.325 e. The Bertz CT molecular complexity index is 280. The molecule has 0 rings (SSSR count).